The van der Waals surface area contributed by atoms with E-state index in [1.54, 1.807) is 59.9 Å². The van der Waals surface area contributed by atoms with E-state index in [0.29, 0.717) is 31.1 Å². The number of hydrogen-bond donors (Lipinski definition) is 1. The normalized spacial score (nSPS) is 18.6. The maximum atomic E-state index is 13.0. The molecule has 2 fully saturated rings. The van der Waals surface area contributed by atoms with E-state index < -0.39 is 35.6 Å². The Morgan fingerprint density at radius 2 is 1.53 bits per heavy atom. The van der Waals surface area contributed by atoms with Crippen LogP contribution in [0.4, 0.5) is 25.9 Å². The van der Waals surface area contributed by atoms with Crippen molar-refractivity contribution in [3.05, 3.63) is 18.3 Å². The van der Waals surface area contributed by atoms with Crippen LogP contribution in [0.1, 0.15) is 48.5 Å². The minimum absolute atomic E-state index is 0.168. The first-order chi connectivity index (χ1) is 17.6. The van der Waals surface area contributed by atoms with Gasteiger partial charge < -0.3 is 24.4 Å². The first kappa shape index (κ1) is 28.8. The number of nitrogens with one attached hydrogen (secondary N) is 1. The molecule has 0 unspecified atom stereocenters. The van der Waals surface area contributed by atoms with Crippen molar-refractivity contribution in [3.63, 3.8) is 0 Å². The lowest BCUT2D eigenvalue weighted by Crippen LogP contribution is -2.53. The highest BCUT2D eigenvalue weighted by atomic mass is 16.6. The predicted molar refractivity (Wildman–Crippen MR) is 139 cm³/mol. The fourth-order valence-corrected chi connectivity index (χ4v) is 3.84. The third-order valence-corrected chi connectivity index (χ3v) is 5.48. The second kappa shape index (κ2) is 11.3. The van der Waals surface area contributed by atoms with Crippen LogP contribution in [0.5, 0.6) is 0 Å². The summed E-state index contributed by atoms with van der Waals surface area (Å²) in [5.74, 6) is 0.421. The number of aromatic nitrogens is 1. The maximum absolute atomic E-state index is 13.0. The van der Waals surface area contributed by atoms with E-state index in [9.17, 15) is 19.2 Å². The van der Waals surface area contributed by atoms with Crippen molar-refractivity contribution in [1.82, 2.24) is 20.3 Å². The largest absolute Gasteiger partial charge is 0.442 e. The second-order valence-corrected chi connectivity index (χ2v) is 11.1. The van der Waals surface area contributed by atoms with E-state index in [4.69, 9.17) is 14.2 Å². The fraction of sp³-hybridized carbons (Fsp3) is 0.640. The summed E-state index contributed by atoms with van der Waals surface area (Å²) in [5.41, 5.74) is -0.916. The molecule has 1 aromatic rings. The van der Waals surface area contributed by atoms with Gasteiger partial charge in [-0.1, -0.05) is 0 Å². The van der Waals surface area contributed by atoms with Crippen LogP contribution >= 0.6 is 0 Å². The van der Waals surface area contributed by atoms with Gasteiger partial charge in [-0.2, -0.15) is 0 Å². The summed E-state index contributed by atoms with van der Waals surface area (Å²) in [6.07, 6.45) is -0.677. The van der Waals surface area contributed by atoms with Gasteiger partial charge in [0, 0.05) is 20.0 Å². The van der Waals surface area contributed by atoms with Gasteiger partial charge in [0.2, 0.25) is 5.91 Å². The van der Waals surface area contributed by atoms with Crippen LogP contribution in [0.25, 0.3) is 0 Å². The highest BCUT2D eigenvalue weighted by Gasteiger charge is 2.36. The van der Waals surface area contributed by atoms with E-state index in [0.717, 1.165) is 0 Å². The Balaban J connectivity index is 1.72. The van der Waals surface area contributed by atoms with E-state index in [2.05, 4.69) is 10.3 Å². The Hall–Kier alpha value is -3.77. The van der Waals surface area contributed by atoms with Crippen molar-refractivity contribution in [2.24, 2.45) is 0 Å². The van der Waals surface area contributed by atoms with Crippen LogP contribution < -0.4 is 15.1 Å². The monoisotopic (exact) mass is 534 g/mol. The van der Waals surface area contributed by atoms with Crippen LogP contribution in [0.2, 0.25) is 0 Å². The van der Waals surface area contributed by atoms with Crippen LogP contribution in [-0.2, 0) is 19.0 Å². The number of carbonyl (C=O) groups is 4. The molecule has 0 aromatic carbocycles. The zero-order valence-electron chi connectivity index (χ0n) is 23.1. The van der Waals surface area contributed by atoms with Gasteiger partial charge in [0.05, 0.1) is 38.1 Å². The molecule has 1 aromatic heterocycles. The molecule has 38 heavy (non-hydrogen) atoms. The van der Waals surface area contributed by atoms with Crippen molar-refractivity contribution in [2.45, 2.75) is 65.8 Å². The van der Waals surface area contributed by atoms with E-state index in [1.807, 2.05) is 4.90 Å². The minimum Gasteiger partial charge on any atom is -0.442 e. The molecule has 3 heterocycles. The molecule has 2 aliphatic rings. The van der Waals surface area contributed by atoms with Gasteiger partial charge in [-0.3, -0.25) is 9.69 Å². The summed E-state index contributed by atoms with van der Waals surface area (Å²) >= 11 is 0. The van der Waals surface area contributed by atoms with Gasteiger partial charge in [0.25, 0.3) is 0 Å². The van der Waals surface area contributed by atoms with Gasteiger partial charge in [0.1, 0.15) is 23.1 Å². The summed E-state index contributed by atoms with van der Waals surface area (Å²) in [6, 6.07) is 3.53. The minimum atomic E-state index is -0.738. The molecule has 0 spiro atoms. The third-order valence-electron chi connectivity index (χ3n) is 5.48. The lowest BCUT2D eigenvalue weighted by molar-refractivity contribution is -0.119. The zero-order valence-corrected chi connectivity index (χ0v) is 23.1. The van der Waals surface area contributed by atoms with Crippen molar-refractivity contribution in [1.29, 1.82) is 0 Å². The number of nitrogens with zero attached hydrogens (tertiary/aromatic N) is 5. The number of amides is 4. The Labute approximate surface area is 222 Å². The molecule has 2 saturated heterocycles. The Morgan fingerprint density at radius 1 is 0.974 bits per heavy atom. The standard InChI is InChI=1S/C25H38N6O7/c1-17(32)26-15-19-16-29(21(33)36-19)18-8-9-20(27-14-18)28-10-12-30(22(34)37-24(2,3)4)31(13-11-28)23(35)38-25(5,6)7/h8-9,14,19H,10-13,15-16H2,1-7H3,(H,26,32)/t19-/m0/s1. The molecule has 0 aliphatic carbocycles. The van der Waals surface area contributed by atoms with Crippen LogP contribution in [-0.4, -0.2) is 95.8 Å². The number of rotatable bonds is 4. The smallest absolute Gasteiger partial charge is 0.429 e. The molecule has 3 rings (SSSR count). The fourth-order valence-electron chi connectivity index (χ4n) is 3.84. The molecule has 210 valence electrons. The van der Waals surface area contributed by atoms with Crippen molar-refractivity contribution >= 4 is 35.7 Å². The van der Waals surface area contributed by atoms with Gasteiger partial charge >= 0.3 is 18.3 Å². The van der Waals surface area contributed by atoms with E-state index >= 15 is 0 Å². The average Bonchev–Trinajstić information content (AvgIpc) is 3.01. The molecule has 13 nitrogen and oxygen atoms in total. The third kappa shape index (κ3) is 7.86. The van der Waals surface area contributed by atoms with Crippen molar-refractivity contribution < 1.29 is 33.4 Å². The topological polar surface area (TPSA) is 134 Å². The first-order valence-corrected chi connectivity index (χ1v) is 12.6. The molecule has 0 radical (unpaired) electrons. The van der Waals surface area contributed by atoms with E-state index in [1.165, 1.54) is 21.8 Å². The predicted octanol–water partition coefficient (Wildman–Crippen LogP) is 2.75. The molecule has 2 aliphatic heterocycles. The number of carbonyl (C=O) groups excluding carboxylic acids is 4. The number of anilines is 2. The zero-order chi connectivity index (χ0) is 28.3. The maximum Gasteiger partial charge on any atom is 0.429 e. The van der Waals surface area contributed by atoms with Crippen LogP contribution in [0.15, 0.2) is 18.3 Å². The molecule has 1 atom stereocenters. The average molecular weight is 535 g/mol. The molecular weight excluding hydrogens is 496 g/mol. The number of cyclic esters (lactones) is 1. The number of ether oxygens (including phenoxy) is 3. The number of hydrogen-bond acceptors (Lipinski definition) is 9. The SMILES string of the molecule is CC(=O)NC[C@H]1CN(c2ccc(N3CCN(C(=O)OC(C)(C)C)N(C(=O)OC(C)(C)C)CC3)nc2)C(=O)O1. The quantitative estimate of drug-likeness (QED) is 0.579. The lowest BCUT2D eigenvalue weighted by atomic mass is 10.2. The summed E-state index contributed by atoms with van der Waals surface area (Å²) < 4.78 is 16.4. The summed E-state index contributed by atoms with van der Waals surface area (Å²) in [4.78, 5) is 57.3. The highest BCUT2D eigenvalue weighted by molar-refractivity contribution is 5.89. The molecule has 13 heteroatoms. The summed E-state index contributed by atoms with van der Waals surface area (Å²) in [6.45, 7) is 13.6. The second-order valence-electron chi connectivity index (χ2n) is 11.1. The van der Waals surface area contributed by atoms with Crippen molar-refractivity contribution in [3.8, 4) is 0 Å². The highest BCUT2D eigenvalue weighted by Crippen LogP contribution is 2.24. The van der Waals surface area contributed by atoms with Crippen LogP contribution in [0.3, 0.4) is 0 Å². The molecule has 4 amide bonds. The first-order valence-electron chi connectivity index (χ1n) is 12.6. The summed E-state index contributed by atoms with van der Waals surface area (Å²) in [5, 5.41) is 5.18. The molecule has 1 N–H and O–H groups in total. The lowest BCUT2D eigenvalue weighted by Gasteiger charge is -2.35. The molecule has 0 saturated carbocycles. The van der Waals surface area contributed by atoms with Gasteiger partial charge in [-0.15, -0.1) is 0 Å². The Kier molecular flexibility index (Phi) is 8.58. The van der Waals surface area contributed by atoms with Gasteiger partial charge in [0.15, 0.2) is 0 Å². The number of pyridine rings is 1. The van der Waals surface area contributed by atoms with Gasteiger partial charge in [-0.25, -0.2) is 29.4 Å². The molecular formula is C25H38N6O7. The van der Waals surface area contributed by atoms with E-state index in [-0.39, 0.29) is 25.5 Å². The Morgan fingerprint density at radius 3 is 1.97 bits per heavy atom. The summed E-state index contributed by atoms with van der Waals surface area (Å²) in [7, 11) is 0. The number of hydrazine groups is 1. The Bertz CT molecular complexity index is 996. The van der Waals surface area contributed by atoms with Crippen molar-refractivity contribution in [2.75, 3.05) is 49.1 Å². The van der Waals surface area contributed by atoms with Gasteiger partial charge in [-0.05, 0) is 53.7 Å². The van der Waals surface area contributed by atoms with Crippen LogP contribution in [0, 0.1) is 0 Å². The molecule has 0 bridgehead atoms.